The Hall–Kier alpha value is -3.82. The van der Waals surface area contributed by atoms with Crippen molar-refractivity contribution in [1.82, 2.24) is 10.2 Å². The standard InChI is InChI=1S/C25H26F3N3O4/c1-5-31-15(4)20(23(33)35-14(2)3)21(30-24(31)34)16-8-7-11-19(13-16)29-22(32)17-9-6-10-18(12-17)25(26,27)28/h6-14,21H,5H2,1-4H3,(H,29,32)(H,30,34). The van der Waals surface area contributed by atoms with Crippen molar-refractivity contribution in [3.8, 4) is 0 Å². The highest BCUT2D eigenvalue weighted by molar-refractivity contribution is 6.04. The van der Waals surface area contributed by atoms with Gasteiger partial charge in [-0.3, -0.25) is 9.69 Å². The van der Waals surface area contributed by atoms with Gasteiger partial charge in [0.25, 0.3) is 5.91 Å². The van der Waals surface area contributed by atoms with E-state index in [1.807, 2.05) is 0 Å². The fourth-order valence-electron chi connectivity index (χ4n) is 3.79. The lowest BCUT2D eigenvalue weighted by Gasteiger charge is -2.35. The fraction of sp³-hybridized carbons (Fsp3) is 0.320. The molecule has 2 aromatic carbocycles. The van der Waals surface area contributed by atoms with Crippen LogP contribution in [-0.2, 0) is 15.7 Å². The number of alkyl halides is 3. The van der Waals surface area contributed by atoms with E-state index in [9.17, 15) is 27.6 Å². The lowest BCUT2D eigenvalue weighted by atomic mass is 9.94. The maximum absolute atomic E-state index is 13.0. The quantitative estimate of drug-likeness (QED) is 0.542. The van der Waals surface area contributed by atoms with Crippen molar-refractivity contribution >= 4 is 23.6 Å². The number of carbonyl (C=O) groups excluding carboxylic acids is 3. The lowest BCUT2D eigenvalue weighted by molar-refractivity contribution is -0.143. The van der Waals surface area contributed by atoms with Crippen LogP contribution in [0.15, 0.2) is 59.8 Å². The van der Waals surface area contributed by atoms with E-state index in [0.29, 0.717) is 17.8 Å². The predicted octanol–water partition coefficient (Wildman–Crippen LogP) is 5.27. The van der Waals surface area contributed by atoms with Crippen LogP contribution in [-0.4, -0.2) is 35.5 Å². The summed E-state index contributed by atoms with van der Waals surface area (Å²) in [4.78, 5) is 39.6. The molecule has 0 aromatic heterocycles. The zero-order chi connectivity index (χ0) is 25.9. The number of anilines is 1. The van der Waals surface area contributed by atoms with Crippen LogP contribution in [0.5, 0.6) is 0 Å². The van der Waals surface area contributed by atoms with Gasteiger partial charge in [-0.25, -0.2) is 9.59 Å². The normalized spacial score (nSPS) is 16.3. The van der Waals surface area contributed by atoms with E-state index in [0.717, 1.165) is 18.2 Å². The molecule has 0 spiro atoms. The Balaban J connectivity index is 1.93. The summed E-state index contributed by atoms with van der Waals surface area (Å²) in [7, 11) is 0. The number of hydrogen-bond donors (Lipinski definition) is 2. The van der Waals surface area contributed by atoms with Crippen molar-refractivity contribution in [2.45, 2.75) is 46.0 Å². The third-order valence-corrected chi connectivity index (χ3v) is 5.41. The predicted molar refractivity (Wildman–Crippen MR) is 123 cm³/mol. The fourth-order valence-corrected chi connectivity index (χ4v) is 3.79. The van der Waals surface area contributed by atoms with Gasteiger partial charge in [0.2, 0.25) is 0 Å². The number of rotatable bonds is 6. The summed E-state index contributed by atoms with van der Waals surface area (Å²) < 4.78 is 44.4. The van der Waals surface area contributed by atoms with Crippen LogP contribution in [0.4, 0.5) is 23.7 Å². The molecule has 3 amide bonds. The lowest BCUT2D eigenvalue weighted by Crippen LogP contribution is -2.48. The molecule has 0 saturated heterocycles. The third-order valence-electron chi connectivity index (χ3n) is 5.41. The highest BCUT2D eigenvalue weighted by Crippen LogP contribution is 2.33. The van der Waals surface area contributed by atoms with Crippen LogP contribution in [0.25, 0.3) is 0 Å². The Morgan fingerprint density at radius 2 is 1.83 bits per heavy atom. The summed E-state index contributed by atoms with van der Waals surface area (Å²) in [5.74, 6) is -1.32. The Morgan fingerprint density at radius 1 is 1.14 bits per heavy atom. The van der Waals surface area contributed by atoms with E-state index >= 15 is 0 Å². The van der Waals surface area contributed by atoms with Gasteiger partial charge in [-0.1, -0.05) is 18.2 Å². The van der Waals surface area contributed by atoms with Crippen molar-refractivity contribution in [1.29, 1.82) is 0 Å². The molecule has 1 aliphatic rings. The number of allylic oxidation sites excluding steroid dienone is 1. The second-order valence-corrected chi connectivity index (χ2v) is 8.24. The van der Waals surface area contributed by atoms with E-state index in [1.165, 1.54) is 11.0 Å². The number of benzene rings is 2. The minimum absolute atomic E-state index is 0.160. The van der Waals surface area contributed by atoms with Crippen molar-refractivity contribution in [2.24, 2.45) is 0 Å². The Labute approximate surface area is 200 Å². The molecule has 7 nitrogen and oxygen atoms in total. The van der Waals surface area contributed by atoms with Gasteiger partial charge in [0.05, 0.1) is 23.3 Å². The van der Waals surface area contributed by atoms with Crippen LogP contribution in [0.1, 0.15) is 55.2 Å². The number of amides is 3. The highest BCUT2D eigenvalue weighted by Gasteiger charge is 2.36. The average Bonchev–Trinajstić information content (AvgIpc) is 2.78. The molecule has 1 aliphatic heterocycles. The Bertz CT molecular complexity index is 1170. The van der Waals surface area contributed by atoms with Crippen LogP contribution < -0.4 is 10.6 Å². The topological polar surface area (TPSA) is 87.7 Å². The molecule has 0 aliphatic carbocycles. The minimum atomic E-state index is -4.58. The van der Waals surface area contributed by atoms with Gasteiger partial charge >= 0.3 is 18.2 Å². The molecule has 1 atom stereocenters. The summed E-state index contributed by atoms with van der Waals surface area (Å²) >= 11 is 0. The number of ether oxygens (including phenoxy) is 1. The smallest absolute Gasteiger partial charge is 0.416 e. The van der Waals surface area contributed by atoms with E-state index in [1.54, 1.807) is 52.0 Å². The second-order valence-electron chi connectivity index (χ2n) is 8.24. The number of urea groups is 1. The Kier molecular flexibility index (Phi) is 7.52. The molecular formula is C25H26F3N3O4. The average molecular weight is 489 g/mol. The number of esters is 1. The van der Waals surface area contributed by atoms with Gasteiger partial charge in [-0.05, 0) is 63.6 Å². The van der Waals surface area contributed by atoms with Crippen molar-refractivity contribution in [3.63, 3.8) is 0 Å². The molecule has 2 N–H and O–H groups in total. The maximum atomic E-state index is 13.0. The molecule has 0 fully saturated rings. The van der Waals surface area contributed by atoms with E-state index in [-0.39, 0.29) is 22.9 Å². The largest absolute Gasteiger partial charge is 0.459 e. The molecule has 10 heteroatoms. The molecular weight excluding hydrogens is 463 g/mol. The molecule has 0 radical (unpaired) electrons. The van der Waals surface area contributed by atoms with Gasteiger partial charge in [0.15, 0.2) is 0 Å². The van der Waals surface area contributed by atoms with Gasteiger partial charge < -0.3 is 15.4 Å². The first kappa shape index (κ1) is 25.8. The van der Waals surface area contributed by atoms with Gasteiger partial charge in [-0.15, -0.1) is 0 Å². The number of carbonyl (C=O) groups is 3. The zero-order valence-corrected chi connectivity index (χ0v) is 19.7. The highest BCUT2D eigenvalue weighted by atomic mass is 19.4. The molecule has 186 valence electrons. The number of nitrogens with one attached hydrogen (secondary N) is 2. The number of halogens is 3. The SMILES string of the molecule is CCN1C(=O)NC(c2cccc(NC(=O)c3cccc(C(F)(F)F)c3)c2)C(C(=O)OC(C)C)=C1C. The summed E-state index contributed by atoms with van der Waals surface area (Å²) in [6.45, 7) is 7.21. The summed E-state index contributed by atoms with van der Waals surface area (Å²) in [6.07, 6.45) is -4.96. The van der Waals surface area contributed by atoms with Gasteiger partial charge in [0, 0.05) is 23.5 Å². The van der Waals surface area contributed by atoms with Crippen molar-refractivity contribution < 1.29 is 32.3 Å². The van der Waals surface area contributed by atoms with Crippen molar-refractivity contribution in [3.05, 3.63) is 76.5 Å². The number of hydrogen-bond acceptors (Lipinski definition) is 4. The third kappa shape index (κ3) is 5.82. The van der Waals surface area contributed by atoms with E-state index in [2.05, 4.69) is 10.6 Å². The first-order valence-corrected chi connectivity index (χ1v) is 11.0. The minimum Gasteiger partial charge on any atom is -0.459 e. The van der Waals surface area contributed by atoms with Crippen LogP contribution in [0.3, 0.4) is 0 Å². The zero-order valence-electron chi connectivity index (χ0n) is 19.7. The maximum Gasteiger partial charge on any atom is 0.416 e. The second kappa shape index (κ2) is 10.2. The molecule has 35 heavy (non-hydrogen) atoms. The first-order valence-electron chi connectivity index (χ1n) is 11.0. The monoisotopic (exact) mass is 489 g/mol. The van der Waals surface area contributed by atoms with E-state index < -0.39 is 35.7 Å². The summed E-state index contributed by atoms with van der Waals surface area (Å²) in [5.41, 5.74) is 0.383. The van der Waals surface area contributed by atoms with E-state index in [4.69, 9.17) is 4.74 Å². The van der Waals surface area contributed by atoms with Crippen LogP contribution >= 0.6 is 0 Å². The van der Waals surface area contributed by atoms with Crippen LogP contribution in [0, 0.1) is 0 Å². The first-order chi connectivity index (χ1) is 16.4. The number of nitrogens with zero attached hydrogens (tertiary/aromatic N) is 1. The molecule has 0 saturated carbocycles. The van der Waals surface area contributed by atoms with Gasteiger partial charge in [-0.2, -0.15) is 13.2 Å². The molecule has 3 rings (SSSR count). The molecule has 0 bridgehead atoms. The Morgan fingerprint density at radius 3 is 2.46 bits per heavy atom. The molecule has 2 aromatic rings. The molecule has 1 heterocycles. The van der Waals surface area contributed by atoms with Gasteiger partial charge in [0.1, 0.15) is 0 Å². The van der Waals surface area contributed by atoms with Crippen LogP contribution in [0.2, 0.25) is 0 Å². The summed E-state index contributed by atoms with van der Waals surface area (Å²) in [6, 6.07) is 9.23. The summed E-state index contributed by atoms with van der Waals surface area (Å²) in [5, 5.41) is 5.37. The van der Waals surface area contributed by atoms with Crippen molar-refractivity contribution in [2.75, 3.05) is 11.9 Å². The molecule has 1 unspecified atom stereocenters.